The Morgan fingerprint density at radius 2 is 2.15 bits per heavy atom. The zero-order chi connectivity index (χ0) is 18.5. The topological polar surface area (TPSA) is 61.4 Å². The number of nitrogens with zero attached hydrogens (tertiary/aromatic N) is 1. The molecule has 1 fully saturated rings. The standard InChI is InChI=1S/C19H22FN3O2S/c1-13-7-8-17(26-13)18(24)23-9-3-4-14(12-23)11-21-19(25)22-16-6-2-5-15(20)10-16/h2,5-8,10,14H,3-4,9,11-12H2,1H3,(H2,21,22,25). The number of benzene rings is 1. The average molecular weight is 375 g/mol. The Labute approximate surface area is 156 Å². The number of halogens is 1. The number of nitrogens with one attached hydrogen (secondary N) is 2. The fourth-order valence-corrected chi connectivity index (χ4v) is 3.94. The smallest absolute Gasteiger partial charge is 0.319 e. The van der Waals surface area contributed by atoms with Crippen molar-refractivity contribution >= 4 is 29.0 Å². The van der Waals surface area contributed by atoms with Crippen LogP contribution in [-0.4, -0.2) is 36.5 Å². The van der Waals surface area contributed by atoms with Crippen LogP contribution in [0.15, 0.2) is 36.4 Å². The maximum atomic E-state index is 13.1. The Hall–Kier alpha value is -2.41. The third-order valence-electron chi connectivity index (χ3n) is 4.39. The highest BCUT2D eigenvalue weighted by Gasteiger charge is 2.25. The Morgan fingerprint density at radius 3 is 2.88 bits per heavy atom. The van der Waals surface area contributed by atoms with E-state index in [1.54, 1.807) is 12.1 Å². The van der Waals surface area contributed by atoms with Crippen molar-refractivity contribution in [2.45, 2.75) is 19.8 Å². The van der Waals surface area contributed by atoms with Crippen LogP contribution in [-0.2, 0) is 0 Å². The van der Waals surface area contributed by atoms with Gasteiger partial charge in [-0.3, -0.25) is 4.79 Å². The number of hydrogen-bond acceptors (Lipinski definition) is 3. The molecule has 1 aromatic heterocycles. The zero-order valence-corrected chi connectivity index (χ0v) is 15.4. The molecule has 1 aliphatic rings. The number of aryl methyl sites for hydroxylation is 1. The molecule has 2 N–H and O–H groups in total. The van der Waals surface area contributed by atoms with Crippen molar-refractivity contribution < 1.29 is 14.0 Å². The molecule has 0 spiro atoms. The van der Waals surface area contributed by atoms with Crippen molar-refractivity contribution in [3.05, 3.63) is 52.0 Å². The Bertz CT molecular complexity index is 793. The van der Waals surface area contributed by atoms with Crippen LogP contribution < -0.4 is 10.6 Å². The van der Waals surface area contributed by atoms with Gasteiger partial charge in [-0.1, -0.05) is 6.07 Å². The van der Waals surface area contributed by atoms with Crippen molar-refractivity contribution in [3.8, 4) is 0 Å². The molecule has 0 saturated carbocycles. The van der Waals surface area contributed by atoms with Crippen molar-refractivity contribution in [2.75, 3.05) is 25.0 Å². The molecule has 5 nitrogen and oxygen atoms in total. The minimum Gasteiger partial charge on any atom is -0.338 e. The summed E-state index contributed by atoms with van der Waals surface area (Å²) in [6.45, 7) is 3.85. The molecule has 2 heterocycles. The van der Waals surface area contributed by atoms with Gasteiger partial charge in [0.05, 0.1) is 4.88 Å². The minimum atomic E-state index is -0.395. The molecule has 1 aromatic carbocycles. The maximum absolute atomic E-state index is 13.1. The highest BCUT2D eigenvalue weighted by Crippen LogP contribution is 2.22. The van der Waals surface area contributed by atoms with E-state index in [1.165, 1.54) is 23.5 Å². The van der Waals surface area contributed by atoms with E-state index in [4.69, 9.17) is 0 Å². The Kier molecular flexibility index (Phi) is 5.88. The van der Waals surface area contributed by atoms with Gasteiger partial charge in [-0.25, -0.2) is 9.18 Å². The van der Waals surface area contributed by atoms with E-state index in [0.29, 0.717) is 18.8 Å². The second kappa shape index (κ2) is 8.31. The number of likely N-dealkylation sites (tertiary alicyclic amines) is 1. The Balaban J connectivity index is 1.49. The number of carbonyl (C=O) groups is 2. The van der Waals surface area contributed by atoms with Crippen molar-refractivity contribution in [3.63, 3.8) is 0 Å². The van der Waals surface area contributed by atoms with Crippen LogP contribution in [0.5, 0.6) is 0 Å². The monoisotopic (exact) mass is 375 g/mol. The molecule has 1 atom stereocenters. The van der Waals surface area contributed by atoms with Gasteiger partial charge in [0.1, 0.15) is 5.82 Å². The summed E-state index contributed by atoms with van der Waals surface area (Å²) in [6, 6.07) is 9.23. The summed E-state index contributed by atoms with van der Waals surface area (Å²) >= 11 is 1.51. The second-order valence-electron chi connectivity index (χ2n) is 6.52. The van der Waals surface area contributed by atoms with E-state index in [1.807, 2.05) is 24.0 Å². The van der Waals surface area contributed by atoms with Crippen LogP contribution in [0.4, 0.5) is 14.9 Å². The number of carbonyl (C=O) groups excluding carboxylic acids is 2. The molecular formula is C19H22FN3O2S. The lowest BCUT2D eigenvalue weighted by Gasteiger charge is -2.32. The lowest BCUT2D eigenvalue weighted by Crippen LogP contribution is -2.44. The minimum absolute atomic E-state index is 0.0667. The van der Waals surface area contributed by atoms with Gasteiger partial charge in [0, 0.05) is 30.2 Å². The van der Waals surface area contributed by atoms with E-state index in [2.05, 4.69) is 10.6 Å². The molecule has 2 aromatic rings. The van der Waals surface area contributed by atoms with Gasteiger partial charge >= 0.3 is 6.03 Å². The molecule has 0 aliphatic carbocycles. The van der Waals surface area contributed by atoms with Crippen LogP contribution in [0.1, 0.15) is 27.4 Å². The van der Waals surface area contributed by atoms with E-state index in [-0.39, 0.29) is 17.9 Å². The molecule has 0 radical (unpaired) electrons. The summed E-state index contributed by atoms with van der Waals surface area (Å²) in [4.78, 5) is 28.3. The summed E-state index contributed by atoms with van der Waals surface area (Å²) in [7, 11) is 0. The van der Waals surface area contributed by atoms with Gasteiger partial charge in [-0.15, -0.1) is 11.3 Å². The van der Waals surface area contributed by atoms with Crippen molar-refractivity contribution in [2.24, 2.45) is 5.92 Å². The molecule has 0 bridgehead atoms. The fraction of sp³-hybridized carbons (Fsp3) is 0.368. The number of thiophene rings is 1. The first-order valence-corrected chi connectivity index (χ1v) is 9.49. The lowest BCUT2D eigenvalue weighted by molar-refractivity contribution is 0.0680. The molecule has 1 unspecified atom stereocenters. The summed E-state index contributed by atoms with van der Waals surface area (Å²) in [6.07, 6.45) is 1.89. The zero-order valence-electron chi connectivity index (χ0n) is 14.6. The third kappa shape index (κ3) is 4.82. The van der Waals surface area contributed by atoms with E-state index in [0.717, 1.165) is 29.1 Å². The van der Waals surface area contributed by atoms with Gasteiger partial charge in [0.25, 0.3) is 5.91 Å². The molecule has 1 saturated heterocycles. The number of anilines is 1. The van der Waals surface area contributed by atoms with Crippen LogP contribution >= 0.6 is 11.3 Å². The van der Waals surface area contributed by atoms with Crippen molar-refractivity contribution in [1.29, 1.82) is 0 Å². The van der Waals surface area contributed by atoms with Crippen LogP contribution in [0.3, 0.4) is 0 Å². The van der Waals surface area contributed by atoms with Gasteiger partial charge < -0.3 is 15.5 Å². The number of amides is 3. The second-order valence-corrected chi connectivity index (χ2v) is 7.80. The number of piperidine rings is 1. The molecule has 26 heavy (non-hydrogen) atoms. The SMILES string of the molecule is Cc1ccc(C(=O)N2CCCC(CNC(=O)Nc3cccc(F)c3)C2)s1. The van der Waals surface area contributed by atoms with Crippen LogP contribution in [0, 0.1) is 18.7 Å². The van der Waals surface area contributed by atoms with Crippen LogP contribution in [0.2, 0.25) is 0 Å². The molecule has 3 amide bonds. The van der Waals surface area contributed by atoms with Gasteiger partial charge in [-0.05, 0) is 56.0 Å². The van der Waals surface area contributed by atoms with Gasteiger partial charge in [0.15, 0.2) is 0 Å². The summed E-state index contributed by atoms with van der Waals surface area (Å²) < 4.78 is 13.1. The largest absolute Gasteiger partial charge is 0.338 e. The Morgan fingerprint density at radius 1 is 1.31 bits per heavy atom. The maximum Gasteiger partial charge on any atom is 0.319 e. The molecular weight excluding hydrogens is 353 g/mol. The lowest BCUT2D eigenvalue weighted by atomic mass is 9.98. The predicted molar refractivity (Wildman–Crippen MR) is 101 cm³/mol. The van der Waals surface area contributed by atoms with Crippen molar-refractivity contribution in [1.82, 2.24) is 10.2 Å². The molecule has 3 rings (SSSR count). The fourth-order valence-electron chi connectivity index (χ4n) is 3.10. The van der Waals surface area contributed by atoms with Gasteiger partial charge in [-0.2, -0.15) is 0 Å². The average Bonchev–Trinajstić information content (AvgIpc) is 3.06. The first kappa shape index (κ1) is 18.4. The number of urea groups is 1. The predicted octanol–water partition coefficient (Wildman–Crippen LogP) is 3.87. The summed E-state index contributed by atoms with van der Waals surface area (Å²) in [5.74, 6) is -0.114. The molecule has 138 valence electrons. The number of rotatable bonds is 4. The summed E-state index contributed by atoms with van der Waals surface area (Å²) in [5.41, 5.74) is 0.413. The highest BCUT2D eigenvalue weighted by atomic mass is 32.1. The van der Waals surface area contributed by atoms with Gasteiger partial charge in [0.2, 0.25) is 0 Å². The van der Waals surface area contributed by atoms with E-state index < -0.39 is 5.82 Å². The molecule has 1 aliphatic heterocycles. The van der Waals surface area contributed by atoms with E-state index >= 15 is 0 Å². The normalized spacial score (nSPS) is 17.0. The van der Waals surface area contributed by atoms with Crippen LogP contribution in [0.25, 0.3) is 0 Å². The summed E-state index contributed by atoms with van der Waals surface area (Å²) in [5, 5.41) is 5.43. The molecule has 7 heteroatoms. The number of hydrogen-bond donors (Lipinski definition) is 2. The first-order valence-electron chi connectivity index (χ1n) is 8.67. The highest BCUT2D eigenvalue weighted by molar-refractivity contribution is 7.13. The quantitative estimate of drug-likeness (QED) is 0.852. The first-order chi connectivity index (χ1) is 12.5. The van der Waals surface area contributed by atoms with E-state index in [9.17, 15) is 14.0 Å². The third-order valence-corrected chi connectivity index (χ3v) is 5.38.